The Morgan fingerprint density at radius 2 is 1.00 bits per heavy atom. The molecule has 2 aromatic carbocycles. The van der Waals surface area contributed by atoms with E-state index >= 15 is 0 Å². The number of hydrogen-bond acceptors (Lipinski definition) is 8. The van der Waals surface area contributed by atoms with Gasteiger partial charge in [-0.25, -0.2) is 9.97 Å². The minimum atomic E-state index is 0.333. The molecular formula is C38H34N4S4. The molecule has 4 nitrogen and oxygen atoms in total. The summed E-state index contributed by atoms with van der Waals surface area (Å²) in [7, 11) is 0. The Morgan fingerprint density at radius 3 is 1.41 bits per heavy atom. The van der Waals surface area contributed by atoms with E-state index in [0.717, 1.165) is 33.3 Å². The molecule has 0 spiro atoms. The molecule has 230 valence electrons. The number of aryl methyl sites for hydroxylation is 2. The molecule has 0 aliphatic heterocycles. The molecule has 7 rings (SSSR count). The lowest BCUT2D eigenvalue weighted by molar-refractivity contribution is 0.670. The minimum absolute atomic E-state index is 0.333. The number of aromatic nitrogens is 2. The van der Waals surface area contributed by atoms with E-state index in [0.29, 0.717) is 22.2 Å². The Bertz CT molecular complexity index is 2120. The van der Waals surface area contributed by atoms with Crippen molar-refractivity contribution in [2.24, 2.45) is 0 Å². The van der Waals surface area contributed by atoms with Crippen molar-refractivity contribution in [3.8, 4) is 31.6 Å². The topological polar surface area (TPSA) is 73.4 Å². The van der Waals surface area contributed by atoms with Crippen LogP contribution in [0, 0.1) is 22.7 Å². The number of fused-ring (bicyclic) bond motifs is 7. The van der Waals surface area contributed by atoms with Gasteiger partial charge in [-0.05, 0) is 74.2 Å². The van der Waals surface area contributed by atoms with Crippen molar-refractivity contribution in [3.05, 3.63) is 69.4 Å². The second-order valence-corrected chi connectivity index (χ2v) is 16.3. The van der Waals surface area contributed by atoms with Crippen molar-refractivity contribution in [2.75, 3.05) is 0 Å². The van der Waals surface area contributed by atoms with Crippen LogP contribution in [0.5, 0.6) is 0 Å². The Labute approximate surface area is 285 Å². The summed E-state index contributed by atoms with van der Waals surface area (Å²) in [5, 5.41) is 21.8. The van der Waals surface area contributed by atoms with Gasteiger partial charge in [0.2, 0.25) is 0 Å². The summed E-state index contributed by atoms with van der Waals surface area (Å²) in [6.07, 6.45) is 12.5. The highest BCUT2D eigenvalue weighted by Crippen LogP contribution is 2.48. The van der Waals surface area contributed by atoms with Gasteiger partial charge >= 0.3 is 0 Å². The van der Waals surface area contributed by atoms with E-state index in [9.17, 15) is 10.5 Å². The number of benzene rings is 2. The maximum Gasteiger partial charge on any atom is 0.109 e. The van der Waals surface area contributed by atoms with Gasteiger partial charge in [0.05, 0.1) is 31.6 Å². The SMILES string of the molecule is CCCCCCc1ccc(-c2cc3c4cc(-c5ccc(CCCCCC)s5)sc4c4nc5cc(C#N)c(C#N)cc5nc4c3s2)s1. The molecule has 8 heteroatoms. The maximum atomic E-state index is 9.69. The third-order valence-electron chi connectivity index (χ3n) is 8.59. The minimum Gasteiger partial charge on any atom is -0.243 e. The van der Waals surface area contributed by atoms with Crippen molar-refractivity contribution in [3.63, 3.8) is 0 Å². The molecule has 0 bridgehead atoms. The van der Waals surface area contributed by atoms with Crippen LogP contribution < -0.4 is 0 Å². The van der Waals surface area contributed by atoms with Crippen molar-refractivity contribution >= 4 is 87.6 Å². The molecule has 0 N–H and O–H groups in total. The average molecular weight is 675 g/mol. The van der Waals surface area contributed by atoms with E-state index < -0.39 is 0 Å². The van der Waals surface area contributed by atoms with Crippen LogP contribution in [0.1, 0.15) is 86.1 Å². The van der Waals surface area contributed by atoms with Gasteiger partial charge in [-0.15, -0.1) is 45.3 Å². The van der Waals surface area contributed by atoms with Crippen molar-refractivity contribution < 1.29 is 0 Å². The highest BCUT2D eigenvalue weighted by molar-refractivity contribution is 7.28. The lowest BCUT2D eigenvalue weighted by atomic mass is 10.1. The molecule has 0 radical (unpaired) electrons. The lowest BCUT2D eigenvalue weighted by Crippen LogP contribution is -1.92. The largest absolute Gasteiger partial charge is 0.243 e. The Balaban J connectivity index is 1.37. The molecule has 5 aromatic heterocycles. The van der Waals surface area contributed by atoms with Gasteiger partial charge in [-0.2, -0.15) is 10.5 Å². The van der Waals surface area contributed by atoms with Crippen LogP contribution in [-0.4, -0.2) is 9.97 Å². The average Bonchev–Trinajstić information content (AvgIpc) is 3.89. The summed E-state index contributed by atoms with van der Waals surface area (Å²) in [5.41, 5.74) is 3.69. The predicted octanol–water partition coefficient (Wildman–Crippen LogP) is 12.7. The normalized spacial score (nSPS) is 11.7. The quantitative estimate of drug-likeness (QED) is 0.0955. The molecular weight excluding hydrogens is 641 g/mol. The van der Waals surface area contributed by atoms with E-state index in [4.69, 9.17) is 9.97 Å². The van der Waals surface area contributed by atoms with Gasteiger partial charge in [0.1, 0.15) is 23.2 Å². The number of nitrogens with zero attached hydrogens (tertiary/aromatic N) is 4. The Kier molecular flexibility index (Phi) is 9.15. The molecule has 7 aromatic rings. The van der Waals surface area contributed by atoms with Crippen molar-refractivity contribution in [2.45, 2.75) is 78.1 Å². The molecule has 0 atom stereocenters. The van der Waals surface area contributed by atoms with Crippen molar-refractivity contribution in [1.29, 1.82) is 10.5 Å². The lowest BCUT2D eigenvalue weighted by Gasteiger charge is -2.05. The van der Waals surface area contributed by atoms with Gasteiger partial charge in [0.25, 0.3) is 0 Å². The molecule has 0 fully saturated rings. The number of nitriles is 2. The Hall–Kier alpha value is -3.66. The summed E-state index contributed by atoms with van der Waals surface area (Å²) in [4.78, 5) is 18.3. The fourth-order valence-electron chi connectivity index (χ4n) is 6.12. The maximum absolute atomic E-state index is 9.69. The fourth-order valence-corrected chi connectivity index (χ4v) is 10.7. The van der Waals surface area contributed by atoms with Crippen LogP contribution in [0.4, 0.5) is 0 Å². The number of hydrogen-bond donors (Lipinski definition) is 0. The first-order valence-corrected chi connectivity index (χ1v) is 19.5. The van der Waals surface area contributed by atoms with E-state index in [-0.39, 0.29) is 0 Å². The van der Waals surface area contributed by atoms with Crippen LogP contribution in [0.15, 0.2) is 48.5 Å². The fraction of sp³-hybridized carbons (Fsp3) is 0.316. The van der Waals surface area contributed by atoms with Crippen LogP contribution in [0.2, 0.25) is 0 Å². The van der Waals surface area contributed by atoms with Crippen LogP contribution >= 0.6 is 45.3 Å². The zero-order chi connectivity index (χ0) is 31.6. The summed E-state index contributed by atoms with van der Waals surface area (Å²) >= 11 is 7.39. The summed E-state index contributed by atoms with van der Waals surface area (Å²) in [5.74, 6) is 0. The highest BCUT2D eigenvalue weighted by atomic mass is 32.1. The zero-order valence-electron chi connectivity index (χ0n) is 26.1. The van der Waals surface area contributed by atoms with Gasteiger partial charge in [-0.1, -0.05) is 52.4 Å². The highest BCUT2D eigenvalue weighted by Gasteiger charge is 2.21. The molecule has 0 unspecified atom stereocenters. The molecule has 0 saturated heterocycles. The van der Waals surface area contributed by atoms with Crippen molar-refractivity contribution in [1.82, 2.24) is 9.97 Å². The molecule has 0 amide bonds. The van der Waals surface area contributed by atoms with Crippen LogP contribution in [0.3, 0.4) is 0 Å². The summed E-state index contributed by atoms with van der Waals surface area (Å²) < 4.78 is 2.25. The number of thiophene rings is 4. The van der Waals surface area contributed by atoms with E-state index in [1.807, 2.05) is 22.7 Å². The first-order valence-electron chi connectivity index (χ1n) is 16.2. The van der Waals surface area contributed by atoms with E-state index in [1.54, 1.807) is 34.8 Å². The van der Waals surface area contributed by atoms with Gasteiger partial charge in [0, 0.05) is 40.0 Å². The Morgan fingerprint density at radius 1 is 0.543 bits per heavy atom. The third-order valence-corrected chi connectivity index (χ3v) is 13.6. The zero-order valence-corrected chi connectivity index (χ0v) is 29.4. The number of rotatable bonds is 12. The summed E-state index contributed by atoms with van der Waals surface area (Å²) in [6, 6.07) is 21.6. The third kappa shape index (κ3) is 5.96. The second kappa shape index (κ2) is 13.6. The van der Waals surface area contributed by atoms with Gasteiger partial charge in [0.15, 0.2) is 0 Å². The van der Waals surface area contributed by atoms with Crippen LogP contribution in [0.25, 0.3) is 61.7 Å². The number of unbranched alkanes of at least 4 members (excludes halogenated alkanes) is 6. The molecule has 0 aliphatic rings. The molecule has 46 heavy (non-hydrogen) atoms. The van der Waals surface area contributed by atoms with Gasteiger partial charge < -0.3 is 0 Å². The van der Waals surface area contributed by atoms with E-state index in [1.165, 1.54) is 91.4 Å². The van der Waals surface area contributed by atoms with E-state index in [2.05, 4.69) is 62.4 Å². The monoisotopic (exact) mass is 674 g/mol. The second-order valence-electron chi connectivity index (χ2n) is 11.9. The standard InChI is InChI=1S/C38H34N4S4/c1-3-5-7-9-11-25-13-15-31(43-25)33-19-27-28-20-34(32-16-14-26(44-32)12-10-8-6-4-2)46-38(28)36-35(37(27)45-33)41-29-17-23(21-39)24(22-40)18-30(29)42-36/h13-20H,3-12H2,1-2H3. The first-order chi connectivity index (χ1) is 22.6. The first kappa shape index (κ1) is 31.0. The molecule has 0 aliphatic carbocycles. The van der Waals surface area contributed by atoms with Gasteiger partial charge in [-0.3, -0.25) is 0 Å². The molecule has 5 heterocycles. The smallest absolute Gasteiger partial charge is 0.109 e. The predicted molar refractivity (Wildman–Crippen MR) is 200 cm³/mol. The summed E-state index contributed by atoms with van der Waals surface area (Å²) in [6.45, 7) is 4.52. The van der Waals surface area contributed by atoms with Crippen LogP contribution in [-0.2, 0) is 12.8 Å². The molecule has 0 saturated carbocycles.